The lowest BCUT2D eigenvalue weighted by Gasteiger charge is -2.21. The third-order valence-corrected chi connectivity index (χ3v) is 2.98. The highest BCUT2D eigenvalue weighted by atomic mass is 32.1. The Bertz CT molecular complexity index is 170. The SMILES string of the molecule is CCC(CS)C(=O)NCC(C)N(C)C. The normalized spacial score (nSPS) is 15.3. The van der Waals surface area contributed by atoms with Crippen molar-refractivity contribution in [2.24, 2.45) is 5.92 Å². The summed E-state index contributed by atoms with van der Waals surface area (Å²) in [6.07, 6.45) is 0.853. The second kappa shape index (κ2) is 7.12. The average Bonchev–Trinajstić information content (AvgIpc) is 2.15. The van der Waals surface area contributed by atoms with E-state index in [1.54, 1.807) is 0 Å². The predicted molar refractivity (Wildman–Crippen MR) is 63.8 cm³/mol. The third kappa shape index (κ3) is 4.86. The summed E-state index contributed by atoms with van der Waals surface area (Å²) in [4.78, 5) is 13.6. The zero-order chi connectivity index (χ0) is 11.1. The molecule has 0 aliphatic heterocycles. The van der Waals surface area contributed by atoms with Crippen LogP contribution in [0, 0.1) is 5.92 Å². The molecular weight excluding hydrogens is 196 g/mol. The minimum Gasteiger partial charge on any atom is -0.354 e. The number of likely N-dealkylation sites (N-methyl/N-ethyl adjacent to an activating group) is 1. The van der Waals surface area contributed by atoms with Gasteiger partial charge in [-0.3, -0.25) is 4.79 Å². The molecule has 4 heteroatoms. The first-order valence-electron chi connectivity index (χ1n) is 5.07. The van der Waals surface area contributed by atoms with E-state index in [2.05, 4.69) is 29.8 Å². The summed E-state index contributed by atoms with van der Waals surface area (Å²) in [5.74, 6) is 0.794. The van der Waals surface area contributed by atoms with Crippen molar-refractivity contribution in [1.82, 2.24) is 10.2 Å². The van der Waals surface area contributed by atoms with Gasteiger partial charge >= 0.3 is 0 Å². The maximum Gasteiger partial charge on any atom is 0.223 e. The van der Waals surface area contributed by atoms with Crippen LogP contribution in [0.5, 0.6) is 0 Å². The highest BCUT2D eigenvalue weighted by Gasteiger charge is 2.15. The fourth-order valence-corrected chi connectivity index (χ4v) is 1.40. The molecule has 0 heterocycles. The van der Waals surface area contributed by atoms with Crippen molar-refractivity contribution in [3.05, 3.63) is 0 Å². The van der Waals surface area contributed by atoms with E-state index in [-0.39, 0.29) is 11.8 Å². The van der Waals surface area contributed by atoms with Crippen LogP contribution >= 0.6 is 12.6 Å². The standard InChI is InChI=1S/C10H22N2OS/c1-5-9(7-14)10(13)11-6-8(2)12(3)4/h8-9,14H,5-7H2,1-4H3,(H,11,13). The van der Waals surface area contributed by atoms with Crippen LogP contribution in [0.25, 0.3) is 0 Å². The van der Waals surface area contributed by atoms with Crippen LogP contribution in [-0.2, 0) is 4.79 Å². The summed E-state index contributed by atoms with van der Waals surface area (Å²) in [6, 6.07) is 0.372. The second-order valence-corrected chi connectivity index (χ2v) is 4.21. The van der Waals surface area contributed by atoms with Gasteiger partial charge in [-0.05, 0) is 27.4 Å². The zero-order valence-electron chi connectivity index (χ0n) is 9.58. The van der Waals surface area contributed by atoms with Gasteiger partial charge in [0.05, 0.1) is 0 Å². The largest absolute Gasteiger partial charge is 0.354 e. The molecule has 0 aromatic heterocycles. The van der Waals surface area contributed by atoms with Crippen molar-refractivity contribution >= 4 is 18.5 Å². The molecule has 2 unspecified atom stereocenters. The summed E-state index contributed by atoms with van der Waals surface area (Å²) >= 11 is 4.15. The molecule has 0 aromatic rings. The van der Waals surface area contributed by atoms with Crippen LogP contribution in [0.2, 0.25) is 0 Å². The Balaban J connectivity index is 3.83. The molecule has 0 saturated heterocycles. The second-order valence-electron chi connectivity index (χ2n) is 3.85. The maximum atomic E-state index is 11.6. The first-order chi connectivity index (χ1) is 6.52. The molecule has 0 aromatic carbocycles. The Kier molecular flexibility index (Phi) is 7.01. The van der Waals surface area contributed by atoms with Gasteiger partial charge < -0.3 is 10.2 Å². The third-order valence-electron chi connectivity index (χ3n) is 2.54. The first kappa shape index (κ1) is 13.8. The number of thiol groups is 1. The van der Waals surface area contributed by atoms with Crippen molar-refractivity contribution in [2.45, 2.75) is 26.3 Å². The number of nitrogens with zero attached hydrogens (tertiary/aromatic N) is 1. The van der Waals surface area contributed by atoms with E-state index in [0.29, 0.717) is 18.3 Å². The van der Waals surface area contributed by atoms with Gasteiger partial charge in [0.25, 0.3) is 0 Å². The van der Waals surface area contributed by atoms with Crippen LogP contribution in [-0.4, -0.2) is 43.2 Å². The summed E-state index contributed by atoms with van der Waals surface area (Å²) in [7, 11) is 4.01. The van der Waals surface area contributed by atoms with Gasteiger partial charge in [-0.2, -0.15) is 12.6 Å². The fourth-order valence-electron chi connectivity index (χ4n) is 0.973. The molecule has 0 aliphatic rings. The Labute approximate surface area is 92.7 Å². The van der Waals surface area contributed by atoms with Gasteiger partial charge in [-0.15, -0.1) is 0 Å². The summed E-state index contributed by atoms with van der Waals surface area (Å²) < 4.78 is 0. The van der Waals surface area contributed by atoms with Crippen LogP contribution in [0.4, 0.5) is 0 Å². The maximum absolute atomic E-state index is 11.6. The minimum atomic E-state index is 0.0488. The minimum absolute atomic E-state index is 0.0488. The molecule has 84 valence electrons. The first-order valence-corrected chi connectivity index (χ1v) is 5.71. The van der Waals surface area contributed by atoms with E-state index in [4.69, 9.17) is 0 Å². The zero-order valence-corrected chi connectivity index (χ0v) is 10.5. The van der Waals surface area contributed by atoms with E-state index >= 15 is 0 Å². The number of amides is 1. The summed E-state index contributed by atoms with van der Waals surface area (Å²) in [5, 5.41) is 2.94. The molecule has 1 amide bonds. The van der Waals surface area contributed by atoms with Crippen LogP contribution in [0.1, 0.15) is 20.3 Å². The number of nitrogens with one attached hydrogen (secondary N) is 1. The Morgan fingerprint density at radius 1 is 1.50 bits per heavy atom. The quantitative estimate of drug-likeness (QED) is 0.652. The van der Waals surface area contributed by atoms with Gasteiger partial charge in [-0.25, -0.2) is 0 Å². The van der Waals surface area contributed by atoms with Gasteiger partial charge in [0.1, 0.15) is 0 Å². The molecule has 0 rings (SSSR count). The Morgan fingerprint density at radius 3 is 2.43 bits per heavy atom. The number of rotatable bonds is 6. The molecule has 1 N–H and O–H groups in total. The van der Waals surface area contributed by atoms with Crippen molar-refractivity contribution in [1.29, 1.82) is 0 Å². The molecular formula is C10H22N2OS. The smallest absolute Gasteiger partial charge is 0.223 e. The van der Waals surface area contributed by atoms with E-state index in [0.717, 1.165) is 6.42 Å². The molecule has 14 heavy (non-hydrogen) atoms. The Hall–Kier alpha value is -0.220. The van der Waals surface area contributed by atoms with Gasteiger partial charge in [-0.1, -0.05) is 6.92 Å². The van der Waals surface area contributed by atoms with E-state index in [9.17, 15) is 4.79 Å². The Morgan fingerprint density at radius 2 is 2.07 bits per heavy atom. The average molecular weight is 218 g/mol. The number of carbonyl (C=O) groups is 1. The van der Waals surface area contributed by atoms with Crippen molar-refractivity contribution in [2.75, 3.05) is 26.4 Å². The molecule has 0 bridgehead atoms. The van der Waals surface area contributed by atoms with Gasteiger partial charge in [0, 0.05) is 24.3 Å². The molecule has 0 radical (unpaired) electrons. The van der Waals surface area contributed by atoms with Gasteiger partial charge in [0.2, 0.25) is 5.91 Å². The highest BCUT2D eigenvalue weighted by molar-refractivity contribution is 7.80. The molecule has 0 saturated carbocycles. The van der Waals surface area contributed by atoms with Crippen LogP contribution in [0.15, 0.2) is 0 Å². The fraction of sp³-hybridized carbons (Fsp3) is 0.900. The van der Waals surface area contributed by atoms with Crippen molar-refractivity contribution < 1.29 is 4.79 Å². The van der Waals surface area contributed by atoms with Gasteiger partial charge in [0.15, 0.2) is 0 Å². The predicted octanol–water partition coefficient (Wildman–Crippen LogP) is 1.01. The van der Waals surface area contributed by atoms with E-state index < -0.39 is 0 Å². The van der Waals surface area contributed by atoms with Crippen molar-refractivity contribution in [3.63, 3.8) is 0 Å². The summed E-state index contributed by atoms with van der Waals surface area (Å²) in [6.45, 7) is 4.80. The lowest BCUT2D eigenvalue weighted by atomic mass is 10.1. The number of hydrogen-bond donors (Lipinski definition) is 2. The van der Waals surface area contributed by atoms with Crippen LogP contribution in [0.3, 0.4) is 0 Å². The van der Waals surface area contributed by atoms with E-state index in [1.165, 1.54) is 0 Å². The molecule has 0 fully saturated rings. The number of hydrogen-bond acceptors (Lipinski definition) is 3. The highest BCUT2D eigenvalue weighted by Crippen LogP contribution is 2.04. The molecule has 0 aliphatic carbocycles. The van der Waals surface area contributed by atoms with E-state index in [1.807, 2.05) is 21.0 Å². The lowest BCUT2D eigenvalue weighted by Crippen LogP contribution is -2.40. The lowest BCUT2D eigenvalue weighted by molar-refractivity contribution is -0.124. The topological polar surface area (TPSA) is 32.3 Å². The molecule has 3 nitrogen and oxygen atoms in total. The molecule has 0 spiro atoms. The monoisotopic (exact) mass is 218 g/mol. The summed E-state index contributed by atoms with van der Waals surface area (Å²) in [5.41, 5.74) is 0. The number of carbonyl (C=O) groups excluding carboxylic acids is 1. The van der Waals surface area contributed by atoms with Crippen molar-refractivity contribution in [3.8, 4) is 0 Å². The van der Waals surface area contributed by atoms with Crippen LogP contribution < -0.4 is 5.32 Å². The molecule has 2 atom stereocenters.